The Morgan fingerprint density at radius 1 is 1.45 bits per heavy atom. The van der Waals surface area contributed by atoms with Crippen molar-refractivity contribution in [1.82, 2.24) is 4.90 Å². The zero-order valence-corrected chi connectivity index (χ0v) is 12.0. The second-order valence-corrected chi connectivity index (χ2v) is 5.30. The lowest BCUT2D eigenvalue weighted by Gasteiger charge is -2.29. The van der Waals surface area contributed by atoms with E-state index in [4.69, 9.17) is 10.5 Å². The number of nitrogens with one attached hydrogen (secondary N) is 1. The van der Waals surface area contributed by atoms with Crippen LogP contribution in [0.2, 0.25) is 0 Å². The standard InChI is InChI=1S/C15H23N3O2/c1-20-11-12-3-2-4-14(9-12)17-15(19)10-18-7-5-13(16)6-8-18/h2-4,9,13H,5-8,10-11,16H2,1H3,(H,17,19). The van der Waals surface area contributed by atoms with Gasteiger partial charge in [-0.05, 0) is 30.5 Å². The Kier molecular flexibility index (Phi) is 5.52. The zero-order chi connectivity index (χ0) is 14.4. The summed E-state index contributed by atoms with van der Waals surface area (Å²) in [5.41, 5.74) is 7.73. The number of rotatable bonds is 5. The highest BCUT2D eigenvalue weighted by Gasteiger charge is 2.18. The number of carbonyl (C=O) groups excluding carboxylic acids is 1. The lowest BCUT2D eigenvalue weighted by atomic mass is 10.1. The maximum Gasteiger partial charge on any atom is 0.238 e. The predicted octanol–water partition coefficient (Wildman–Crippen LogP) is 1.19. The van der Waals surface area contributed by atoms with Gasteiger partial charge in [0.15, 0.2) is 0 Å². The van der Waals surface area contributed by atoms with Crippen molar-refractivity contribution in [3.63, 3.8) is 0 Å². The molecule has 0 unspecified atom stereocenters. The van der Waals surface area contributed by atoms with Gasteiger partial charge in [0.25, 0.3) is 0 Å². The van der Waals surface area contributed by atoms with Crippen molar-refractivity contribution in [3.8, 4) is 0 Å². The summed E-state index contributed by atoms with van der Waals surface area (Å²) in [6, 6.07) is 8.02. The number of piperidine rings is 1. The van der Waals surface area contributed by atoms with Crippen LogP contribution in [0.3, 0.4) is 0 Å². The molecular weight excluding hydrogens is 254 g/mol. The fourth-order valence-corrected chi connectivity index (χ4v) is 2.42. The zero-order valence-electron chi connectivity index (χ0n) is 12.0. The average Bonchev–Trinajstić information content (AvgIpc) is 2.42. The fourth-order valence-electron chi connectivity index (χ4n) is 2.42. The van der Waals surface area contributed by atoms with E-state index in [1.54, 1.807) is 7.11 Å². The molecule has 3 N–H and O–H groups in total. The van der Waals surface area contributed by atoms with Gasteiger partial charge >= 0.3 is 0 Å². The minimum atomic E-state index is 0.0232. The number of carbonyl (C=O) groups is 1. The molecule has 1 aromatic carbocycles. The number of hydrogen-bond acceptors (Lipinski definition) is 4. The van der Waals surface area contributed by atoms with E-state index in [0.717, 1.165) is 37.2 Å². The maximum atomic E-state index is 12.0. The number of amides is 1. The molecule has 1 heterocycles. The summed E-state index contributed by atoms with van der Waals surface area (Å²) in [6.45, 7) is 2.78. The molecule has 0 radical (unpaired) electrons. The fraction of sp³-hybridized carbons (Fsp3) is 0.533. The number of likely N-dealkylation sites (tertiary alicyclic amines) is 1. The highest BCUT2D eigenvalue weighted by Crippen LogP contribution is 2.12. The Morgan fingerprint density at radius 3 is 2.90 bits per heavy atom. The molecule has 5 nitrogen and oxygen atoms in total. The van der Waals surface area contributed by atoms with Gasteiger partial charge in [0.1, 0.15) is 0 Å². The Balaban J connectivity index is 1.83. The van der Waals surface area contributed by atoms with Gasteiger partial charge in [-0.3, -0.25) is 9.69 Å². The molecule has 2 rings (SSSR count). The van der Waals surface area contributed by atoms with Crippen LogP contribution in [-0.2, 0) is 16.1 Å². The van der Waals surface area contributed by atoms with Crippen LogP contribution in [0.1, 0.15) is 18.4 Å². The summed E-state index contributed by atoms with van der Waals surface area (Å²) in [5, 5.41) is 2.93. The summed E-state index contributed by atoms with van der Waals surface area (Å²) in [6.07, 6.45) is 1.94. The molecule has 1 saturated heterocycles. The molecule has 0 atom stereocenters. The van der Waals surface area contributed by atoms with Crippen molar-refractivity contribution in [1.29, 1.82) is 0 Å². The van der Waals surface area contributed by atoms with Crippen molar-refractivity contribution in [2.24, 2.45) is 5.73 Å². The van der Waals surface area contributed by atoms with Crippen molar-refractivity contribution >= 4 is 11.6 Å². The Bertz CT molecular complexity index is 442. The molecule has 20 heavy (non-hydrogen) atoms. The summed E-state index contributed by atoms with van der Waals surface area (Å²) in [7, 11) is 1.66. The van der Waals surface area contributed by atoms with Gasteiger partial charge in [-0.2, -0.15) is 0 Å². The first-order valence-corrected chi connectivity index (χ1v) is 7.03. The number of hydrogen-bond donors (Lipinski definition) is 2. The second-order valence-electron chi connectivity index (χ2n) is 5.30. The molecule has 1 fully saturated rings. The smallest absolute Gasteiger partial charge is 0.238 e. The lowest BCUT2D eigenvalue weighted by Crippen LogP contribution is -2.43. The number of nitrogens with zero attached hydrogens (tertiary/aromatic N) is 1. The number of nitrogens with two attached hydrogens (primary N) is 1. The SMILES string of the molecule is COCc1cccc(NC(=O)CN2CCC(N)CC2)c1. The molecule has 1 aliphatic rings. The van der Waals surface area contributed by atoms with Crippen LogP contribution in [0.15, 0.2) is 24.3 Å². The van der Waals surface area contributed by atoms with Gasteiger partial charge in [-0.1, -0.05) is 12.1 Å². The summed E-state index contributed by atoms with van der Waals surface area (Å²) in [5.74, 6) is 0.0232. The number of anilines is 1. The van der Waals surface area contributed by atoms with Gasteiger partial charge in [0, 0.05) is 31.9 Å². The molecule has 1 aliphatic heterocycles. The van der Waals surface area contributed by atoms with E-state index in [1.807, 2.05) is 24.3 Å². The van der Waals surface area contributed by atoms with Gasteiger partial charge in [0.2, 0.25) is 5.91 Å². The van der Waals surface area contributed by atoms with E-state index >= 15 is 0 Å². The third kappa shape index (κ3) is 4.59. The topological polar surface area (TPSA) is 67.6 Å². The van der Waals surface area contributed by atoms with E-state index in [-0.39, 0.29) is 5.91 Å². The van der Waals surface area contributed by atoms with Crippen LogP contribution >= 0.6 is 0 Å². The number of benzene rings is 1. The van der Waals surface area contributed by atoms with Crippen LogP contribution in [0.5, 0.6) is 0 Å². The Labute approximate surface area is 120 Å². The monoisotopic (exact) mass is 277 g/mol. The molecule has 5 heteroatoms. The molecule has 1 amide bonds. The van der Waals surface area contributed by atoms with Crippen LogP contribution in [0, 0.1) is 0 Å². The van der Waals surface area contributed by atoms with E-state index < -0.39 is 0 Å². The third-order valence-corrected chi connectivity index (χ3v) is 3.52. The highest BCUT2D eigenvalue weighted by atomic mass is 16.5. The number of ether oxygens (including phenoxy) is 1. The average molecular weight is 277 g/mol. The summed E-state index contributed by atoms with van der Waals surface area (Å²) in [4.78, 5) is 14.2. The largest absolute Gasteiger partial charge is 0.380 e. The lowest BCUT2D eigenvalue weighted by molar-refractivity contribution is -0.117. The first-order valence-electron chi connectivity index (χ1n) is 7.03. The Morgan fingerprint density at radius 2 is 2.20 bits per heavy atom. The third-order valence-electron chi connectivity index (χ3n) is 3.52. The second kappa shape index (κ2) is 7.38. The molecule has 0 aromatic heterocycles. The van der Waals surface area contributed by atoms with Crippen molar-refractivity contribution in [2.75, 3.05) is 32.1 Å². The van der Waals surface area contributed by atoms with E-state index in [2.05, 4.69) is 10.2 Å². The van der Waals surface area contributed by atoms with Crippen LogP contribution in [0.4, 0.5) is 5.69 Å². The van der Waals surface area contributed by atoms with Crippen LogP contribution in [0.25, 0.3) is 0 Å². The minimum absolute atomic E-state index is 0.0232. The van der Waals surface area contributed by atoms with Crippen molar-refractivity contribution < 1.29 is 9.53 Å². The molecule has 0 aliphatic carbocycles. The quantitative estimate of drug-likeness (QED) is 0.848. The maximum absolute atomic E-state index is 12.0. The first kappa shape index (κ1) is 15.0. The van der Waals surface area contributed by atoms with Gasteiger partial charge in [-0.25, -0.2) is 0 Å². The summed E-state index contributed by atoms with van der Waals surface area (Å²) >= 11 is 0. The van der Waals surface area contributed by atoms with E-state index in [9.17, 15) is 4.79 Å². The number of methoxy groups -OCH3 is 1. The van der Waals surface area contributed by atoms with Crippen molar-refractivity contribution in [3.05, 3.63) is 29.8 Å². The normalized spacial score (nSPS) is 17.1. The Hall–Kier alpha value is -1.43. The van der Waals surface area contributed by atoms with Crippen LogP contribution in [-0.4, -0.2) is 43.6 Å². The first-order chi connectivity index (χ1) is 9.67. The predicted molar refractivity (Wildman–Crippen MR) is 79.4 cm³/mol. The summed E-state index contributed by atoms with van der Waals surface area (Å²) < 4.78 is 5.09. The molecule has 1 aromatic rings. The van der Waals surface area contributed by atoms with Gasteiger partial charge in [0.05, 0.1) is 13.2 Å². The van der Waals surface area contributed by atoms with Crippen LogP contribution < -0.4 is 11.1 Å². The minimum Gasteiger partial charge on any atom is -0.380 e. The molecule has 0 spiro atoms. The molecule has 0 saturated carbocycles. The van der Waals surface area contributed by atoms with Crippen molar-refractivity contribution in [2.45, 2.75) is 25.5 Å². The van der Waals surface area contributed by atoms with E-state index in [1.165, 1.54) is 0 Å². The van der Waals surface area contributed by atoms with E-state index in [0.29, 0.717) is 19.2 Å². The molecular formula is C15H23N3O2. The van der Waals surface area contributed by atoms with Gasteiger partial charge in [-0.15, -0.1) is 0 Å². The molecule has 110 valence electrons. The highest BCUT2D eigenvalue weighted by molar-refractivity contribution is 5.92. The molecule has 0 bridgehead atoms. The van der Waals surface area contributed by atoms with Gasteiger partial charge < -0.3 is 15.8 Å².